The maximum Gasteiger partial charge on any atom is 0.308 e. The topological polar surface area (TPSA) is 51.5 Å². The number of esters is 1. The molecule has 0 bridgehead atoms. The van der Waals surface area contributed by atoms with Crippen LogP contribution in [0.5, 0.6) is 0 Å². The van der Waals surface area contributed by atoms with Crippen LogP contribution in [-0.4, -0.2) is 37.0 Å². The van der Waals surface area contributed by atoms with E-state index in [0.29, 0.717) is 5.56 Å². The number of benzene rings is 1. The first kappa shape index (κ1) is 14.6. The van der Waals surface area contributed by atoms with E-state index in [9.17, 15) is 9.59 Å². The van der Waals surface area contributed by atoms with Crippen molar-refractivity contribution in [3.05, 3.63) is 30.0 Å². The Balaban J connectivity index is 1.83. The van der Waals surface area contributed by atoms with Crippen LogP contribution in [0.1, 0.15) is 23.2 Å². The third-order valence-electron chi connectivity index (χ3n) is 4.53. The Kier molecular flexibility index (Phi) is 3.88. The van der Waals surface area contributed by atoms with Crippen LogP contribution in [0.3, 0.4) is 0 Å². The highest BCUT2D eigenvalue weighted by Gasteiger charge is 2.25. The zero-order valence-electron chi connectivity index (χ0n) is 12.9. The average molecular weight is 300 g/mol. The van der Waals surface area contributed by atoms with Gasteiger partial charge in [-0.2, -0.15) is 0 Å². The zero-order valence-corrected chi connectivity index (χ0v) is 12.9. The normalized spacial score (nSPS) is 16.0. The van der Waals surface area contributed by atoms with Gasteiger partial charge in [-0.3, -0.25) is 9.59 Å². The highest BCUT2D eigenvalue weighted by atomic mass is 16.5. The Hall–Kier alpha value is -2.30. The Morgan fingerprint density at radius 3 is 2.68 bits per heavy atom. The van der Waals surface area contributed by atoms with Crippen LogP contribution in [0.15, 0.2) is 24.4 Å². The van der Waals surface area contributed by atoms with Crippen LogP contribution in [-0.2, 0) is 16.6 Å². The monoisotopic (exact) mass is 300 g/mol. The van der Waals surface area contributed by atoms with Gasteiger partial charge in [0.05, 0.1) is 13.0 Å². The molecular weight excluding hydrogens is 280 g/mol. The van der Waals surface area contributed by atoms with Gasteiger partial charge < -0.3 is 14.2 Å². The molecule has 1 aromatic carbocycles. The van der Waals surface area contributed by atoms with Gasteiger partial charge in [-0.05, 0) is 31.0 Å². The molecule has 0 unspecified atom stereocenters. The van der Waals surface area contributed by atoms with Crippen molar-refractivity contribution in [1.29, 1.82) is 0 Å². The highest BCUT2D eigenvalue weighted by molar-refractivity contribution is 5.99. The summed E-state index contributed by atoms with van der Waals surface area (Å²) in [4.78, 5) is 25.0. The lowest BCUT2D eigenvalue weighted by molar-refractivity contribution is -0.146. The summed E-state index contributed by atoms with van der Waals surface area (Å²) in [5.41, 5.74) is 2.87. The van der Waals surface area contributed by atoms with Gasteiger partial charge in [-0.25, -0.2) is 0 Å². The lowest BCUT2D eigenvalue weighted by atomic mass is 9.96. The number of anilines is 1. The molecule has 1 aromatic heterocycles. The third-order valence-corrected chi connectivity index (χ3v) is 4.53. The molecule has 116 valence electrons. The van der Waals surface area contributed by atoms with Gasteiger partial charge in [0.2, 0.25) is 0 Å². The van der Waals surface area contributed by atoms with E-state index in [4.69, 9.17) is 4.74 Å². The summed E-state index contributed by atoms with van der Waals surface area (Å²) in [6, 6.07) is 6.19. The van der Waals surface area contributed by atoms with Crippen LogP contribution < -0.4 is 4.90 Å². The molecule has 22 heavy (non-hydrogen) atoms. The van der Waals surface area contributed by atoms with E-state index >= 15 is 0 Å². The molecule has 3 rings (SSSR count). The predicted molar refractivity (Wildman–Crippen MR) is 85.3 cm³/mol. The van der Waals surface area contributed by atoms with Crippen molar-refractivity contribution in [3.8, 4) is 0 Å². The van der Waals surface area contributed by atoms with Gasteiger partial charge in [0, 0.05) is 48.5 Å². The molecule has 1 fully saturated rings. The molecule has 0 amide bonds. The first-order valence-corrected chi connectivity index (χ1v) is 7.51. The van der Waals surface area contributed by atoms with E-state index in [1.807, 2.05) is 23.9 Å². The number of carbonyl (C=O) groups is 2. The molecule has 1 aliphatic rings. The van der Waals surface area contributed by atoms with E-state index in [-0.39, 0.29) is 11.9 Å². The van der Waals surface area contributed by atoms with E-state index in [2.05, 4.69) is 17.0 Å². The molecular formula is C17H20N2O3. The van der Waals surface area contributed by atoms with Crippen molar-refractivity contribution in [2.24, 2.45) is 13.0 Å². The van der Waals surface area contributed by atoms with Crippen molar-refractivity contribution in [2.75, 3.05) is 25.1 Å². The fourth-order valence-corrected chi connectivity index (χ4v) is 3.24. The number of rotatable bonds is 3. The summed E-state index contributed by atoms with van der Waals surface area (Å²) < 4.78 is 6.79. The van der Waals surface area contributed by atoms with E-state index < -0.39 is 0 Å². The predicted octanol–water partition coefficient (Wildman–Crippen LogP) is 2.38. The summed E-state index contributed by atoms with van der Waals surface area (Å²) >= 11 is 0. The van der Waals surface area contributed by atoms with Gasteiger partial charge in [0.15, 0.2) is 6.29 Å². The number of methoxy groups -OCH3 is 1. The van der Waals surface area contributed by atoms with Crippen LogP contribution in [0.2, 0.25) is 0 Å². The summed E-state index contributed by atoms with van der Waals surface area (Å²) in [6.07, 6.45) is 4.36. The third kappa shape index (κ3) is 2.47. The molecule has 0 N–H and O–H groups in total. The zero-order chi connectivity index (χ0) is 15.7. The van der Waals surface area contributed by atoms with Gasteiger partial charge in [0.1, 0.15) is 0 Å². The van der Waals surface area contributed by atoms with E-state index in [1.54, 1.807) is 0 Å². The number of piperidine rings is 1. The molecule has 0 spiro atoms. The number of aldehydes is 1. The second kappa shape index (κ2) is 5.83. The number of hydrogen-bond acceptors (Lipinski definition) is 4. The minimum absolute atomic E-state index is 0.00671. The first-order chi connectivity index (χ1) is 10.6. The van der Waals surface area contributed by atoms with Crippen molar-refractivity contribution in [2.45, 2.75) is 12.8 Å². The molecule has 5 heteroatoms. The molecule has 1 aliphatic heterocycles. The summed E-state index contributed by atoms with van der Waals surface area (Å²) in [7, 11) is 3.38. The fourth-order valence-electron chi connectivity index (χ4n) is 3.24. The number of nitrogens with zero attached hydrogens (tertiary/aromatic N) is 2. The smallest absolute Gasteiger partial charge is 0.308 e. The fraction of sp³-hybridized carbons (Fsp3) is 0.412. The van der Waals surface area contributed by atoms with Crippen molar-refractivity contribution in [1.82, 2.24) is 4.57 Å². The van der Waals surface area contributed by atoms with Crippen molar-refractivity contribution in [3.63, 3.8) is 0 Å². The van der Waals surface area contributed by atoms with Crippen LogP contribution in [0.25, 0.3) is 10.9 Å². The molecule has 5 nitrogen and oxygen atoms in total. The van der Waals surface area contributed by atoms with Crippen LogP contribution in [0, 0.1) is 5.92 Å². The van der Waals surface area contributed by atoms with Crippen LogP contribution >= 0.6 is 0 Å². The standard InChI is InChI=1S/C17H20N2O3/c1-18-10-13(11-20)15-9-14(3-4-16(15)18)19-7-5-12(6-8-19)17(21)22-2/h3-4,9-12H,5-8H2,1-2H3. The minimum atomic E-state index is -0.110. The van der Waals surface area contributed by atoms with E-state index in [0.717, 1.165) is 48.8 Å². The lowest BCUT2D eigenvalue weighted by Crippen LogP contribution is -2.36. The Morgan fingerprint density at radius 2 is 2.05 bits per heavy atom. The molecule has 0 radical (unpaired) electrons. The molecule has 2 aromatic rings. The van der Waals surface area contributed by atoms with Gasteiger partial charge in [0.25, 0.3) is 0 Å². The number of aromatic nitrogens is 1. The molecule has 0 atom stereocenters. The van der Waals surface area contributed by atoms with Gasteiger partial charge >= 0.3 is 5.97 Å². The lowest BCUT2D eigenvalue weighted by Gasteiger charge is -2.32. The number of carbonyl (C=O) groups excluding carboxylic acids is 2. The summed E-state index contributed by atoms with van der Waals surface area (Å²) in [5, 5.41) is 0.977. The Bertz CT molecular complexity index is 712. The SMILES string of the molecule is COC(=O)C1CCN(c2ccc3c(c2)c(C=O)cn3C)CC1. The average Bonchev–Trinajstić information content (AvgIpc) is 2.90. The second-order valence-electron chi connectivity index (χ2n) is 5.80. The Labute approximate surface area is 129 Å². The summed E-state index contributed by atoms with van der Waals surface area (Å²) in [5.74, 6) is -0.103. The minimum Gasteiger partial charge on any atom is -0.469 e. The van der Waals surface area contributed by atoms with Crippen molar-refractivity contribution < 1.29 is 14.3 Å². The maximum atomic E-state index is 11.6. The molecule has 0 aliphatic carbocycles. The second-order valence-corrected chi connectivity index (χ2v) is 5.80. The molecule has 0 saturated carbocycles. The Morgan fingerprint density at radius 1 is 1.32 bits per heavy atom. The maximum absolute atomic E-state index is 11.6. The van der Waals surface area contributed by atoms with E-state index in [1.165, 1.54) is 7.11 Å². The number of ether oxygens (including phenoxy) is 1. The quantitative estimate of drug-likeness (QED) is 0.645. The van der Waals surface area contributed by atoms with Crippen LogP contribution in [0.4, 0.5) is 5.69 Å². The number of hydrogen-bond donors (Lipinski definition) is 0. The van der Waals surface area contributed by atoms with Crippen molar-refractivity contribution >= 4 is 28.8 Å². The first-order valence-electron chi connectivity index (χ1n) is 7.51. The molecule has 2 heterocycles. The number of fused-ring (bicyclic) bond motifs is 1. The number of aryl methyl sites for hydroxylation is 1. The summed E-state index contributed by atoms with van der Waals surface area (Å²) in [6.45, 7) is 1.66. The highest BCUT2D eigenvalue weighted by Crippen LogP contribution is 2.28. The van der Waals surface area contributed by atoms with Gasteiger partial charge in [-0.1, -0.05) is 0 Å². The largest absolute Gasteiger partial charge is 0.469 e. The molecule has 1 saturated heterocycles. The van der Waals surface area contributed by atoms with Gasteiger partial charge in [-0.15, -0.1) is 0 Å².